The molecule has 0 aromatic heterocycles. The fraction of sp³-hybridized carbons (Fsp3) is 0.400. The summed E-state index contributed by atoms with van der Waals surface area (Å²) in [6, 6.07) is 11.8. The largest absolute Gasteiger partial charge is 0.497 e. The number of hydrogen-bond acceptors (Lipinski definition) is 7. The standard InChI is InChI=1S/C25H29N3O6S/c1-16-6-7-23(35(30,31)32)21(12-16)28-15-22(18-4-3-5-19(13-18)33-2)34-25(28)24(29)26-20-14-27-10-8-17(20)9-11-27/h3-7,12-13,15,17,20,25H,8-11,14H2,1-2H3,(H,26,29)(H,30,31,32)/t20-,25?/m0/s1. The summed E-state index contributed by atoms with van der Waals surface area (Å²) in [5.74, 6) is 1.06. The van der Waals surface area contributed by atoms with E-state index in [0.29, 0.717) is 23.0 Å². The Morgan fingerprint density at radius 3 is 2.60 bits per heavy atom. The number of amides is 1. The van der Waals surface area contributed by atoms with Gasteiger partial charge in [0.05, 0.1) is 19.0 Å². The summed E-state index contributed by atoms with van der Waals surface area (Å²) in [4.78, 5) is 17.1. The highest BCUT2D eigenvalue weighted by atomic mass is 32.2. The minimum absolute atomic E-state index is 0.00914. The van der Waals surface area contributed by atoms with Gasteiger partial charge in [0.1, 0.15) is 16.4 Å². The van der Waals surface area contributed by atoms with Gasteiger partial charge in [-0.3, -0.25) is 14.2 Å². The van der Waals surface area contributed by atoms with E-state index in [1.54, 1.807) is 43.6 Å². The normalized spacial score (nSPS) is 25.7. The van der Waals surface area contributed by atoms with Gasteiger partial charge in [-0.1, -0.05) is 18.2 Å². The molecule has 4 aliphatic heterocycles. The van der Waals surface area contributed by atoms with E-state index in [1.807, 2.05) is 13.0 Å². The van der Waals surface area contributed by atoms with Gasteiger partial charge in [0.25, 0.3) is 22.3 Å². The second-order valence-electron chi connectivity index (χ2n) is 9.30. The van der Waals surface area contributed by atoms with E-state index < -0.39 is 16.3 Å². The minimum Gasteiger partial charge on any atom is -0.497 e. The molecular weight excluding hydrogens is 470 g/mol. The lowest BCUT2D eigenvalue weighted by atomic mass is 9.84. The quantitative estimate of drug-likeness (QED) is 0.584. The molecular formula is C25H29N3O6S. The van der Waals surface area contributed by atoms with Gasteiger partial charge >= 0.3 is 0 Å². The Kier molecular flexibility index (Phi) is 6.20. The predicted molar refractivity (Wildman–Crippen MR) is 130 cm³/mol. The summed E-state index contributed by atoms with van der Waals surface area (Å²) in [5, 5.41) is 3.14. The highest BCUT2D eigenvalue weighted by Crippen LogP contribution is 2.37. The summed E-state index contributed by atoms with van der Waals surface area (Å²) in [6.07, 6.45) is 2.53. The van der Waals surface area contributed by atoms with Crippen molar-refractivity contribution in [3.8, 4) is 5.75 Å². The van der Waals surface area contributed by atoms with Crippen LogP contribution in [0, 0.1) is 12.8 Å². The van der Waals surface area contributed by atoms with Crippen LogP contribution in [-0.4, -0.2) is 62.8 Å². The first kappa shape index (κ1) is 23.7. The lowest BCUT2D eigenvalue weighted by molar-refractivity contribution is -0.130. The zero-order valence-corrected chi connectivity index (χ0v) is 20.5. The average molecular weight is 500 g/mol. The second-order valence-corrected chi connectivity index (χ2v) is 10.7. The molecule has 4 heterocycles. The summed E-state index contributed by atoms with van der Waals surface area (Å²) in [7, 11) is -2.99. The fourth-order valence-electron chi connectivity index (χ4n) is 5.13. The third-order valence-corrected chi connectivity index (χ3v) is 7.88. The SMILES string of the molecule is COc1cccc(C2=CN(c3cc(C)ccc3S(=O)(=O)O)C(C(=O)N[C@H]3CN4CCC3CC4)O2)c1. The summed E-state index contributed by atoms with van der Waals surface area (Å²) < 4.78 is 45.7. The van der Waals surface area contributed by atoms with Crippen molar-refractivity contribution in [2.75, 3.05) is 31.6 Å². The number of nitrogens with zero attached hydrogens (tertiary/aromatic N) is 2. The molecule has 0 saturated carbocycles. The first-order valence-electron chi connectivity index (χ1n) is 11.6. The van der Waals surface area contributed by atoms with Crippen LogP contribution in [0.25, 0.3) is 5.76 Å². The average Bonchev–Trinajstić information content (AvgIpc) is 3.30. The highest BCUT2D eigenvalue weighted by Gasteiger charge is 2.40. The van der Waals surface area contributed by atoms with Crippen LogP contribution in [0.3, 0.4) is 0 Å². The lowest BCUT2D eigenvalue weighted by Gasteiger charge is -2.45. The first-order valence-corrected chi connectivity index (χ1v) is 13.1. The number of fused-ring (bicyclic) bond motifs is 3. The number of aryl methyl sites for hydroxylation is 1. The summed E-state index contributed by atoms with van der Waals surface area (Å²) in [6.45, 7) is 4.69. The Bertz CT molecular complexity index is 1270. The zero-order valence-electron chi connectivity index (χ0n) is 19.7. The zero-order chi connectivity index (χ0) is 24.7. The predicted octanol–water partition coefficient (Wildman–Crippen LogP) is 2.62. The van der Waals surface area contributed by atoms with Crippen LogP contribution in [0.15, 0.2) is 53.6 Å². The third kappa shape index (κ3) is 4.73. The molecule has 2 bridgehead atoms. The molecule has 0 aliphatic carbocycles. The van der Waals surface area contributed by atoms with Crippen LogP contribution in [0.1, 0.15) is 24.0 Å². The number of nitrogens with one attached hydrogen (secondary N) is 1. The fourth-order valence-corrected chi connectivity index (χ4v) is 5.79. The van der Waals surface area contributed by atoms with Crippen molar-refractivity contribution in [2.24, 2.45) is 5.92 Å². The maximum absolute atomic E-state index is 13.6. The number of hydrogen-bond donors (Lipinski definition) is 2. The van der Waals surface area contributed by atoms with Gasteiger partial charge in [-0.25, -0.2) is 0 Å². The number of rotatable bonds is 6. The van der Waals surface area contributed by atoms with Gasteiger partial charge in [0, 0.05) is 18.2 Å². The molecule has 2 aromatic carbocycles. The topological polar surface area (TPSA) is 108 Å². The third-order valence-electron chi connectivity index (χ3n) is 6.98. The van der Waals surface area contributed by atoms with Gasteiger partial charge in [-0.15, -0.1) is 0 Å². The summed E-state index contributed by atoms with van der Waals surface area (Å²) in [5.41, 5.74) is 1.61. The number of ether oxygens (including phenoxy) is 2. The van der Waals surface area contributed by atoms with Crippen LogP contribution in [0.2, 0.25) is 0 Å². The molecule has 9 nitrogen and oxygen atoms in total. The van der Waals surface area contributed by atoms with Crippen LogP contribution in [0.4, 0.5) is 5.69 Å². The van der Waals surface area contributed by atoms with Crippen molar-refractivity contribution in [3.05, 3.63) is 59.8 Å². The van der Waals surface area contributed by atoms with E-state index in [2.05, 4.69) is 10.2 Å². The van der Waals surface area contributed by atoms with Crippen LogP contribution >= 0.6 is 0 Å². The van der Waals surface area contributed by atoms with Crippen molar-refractivity contribution in [1.82, 2.24) is 10.2 Å². The number of anilines is 1. The number of methoxy groups -OCH3 is 1. The Morgan fingerprint density at radius 2 is 1.94 bits per heavy atom. The van der Waals surface area contributed by atoms with Crippen LogP contribution < -0.4 is 15.0 Å². The highest BCUT2D eigenvalue weighted by molar-refractivity contribution is 7.86. The van der Waals surface area contributed by atoms with Gasteiger partial charge in [0.15, 0.2) is 0 Å². The van der Waals surface area contributed by atoms with E-state index in [9.17, 15) is 17.8 Å². The maximum Gasteiger partial charge on any atom is 0.296 e. The molecule has 2 N–H and O–H groups in total. The minimum atomic E-state index is -4.55. The smallest absolute Gasteiger partial charge is 0.296 e. The van der Waals surface area contributed by atoms with Crippen LogP contribution in [0.5, 0.6) is 5.75 Å². The van der Waals surface area contributed by atoms with Gasteiger partial charge < -0.3 is 19.7 Å². The molecule has 0 radical (unpaired) electrons. The molecule has 2 aromatic rings. The Morgan fingerprint density at radius 1 is 1.17 bits per heavy atom. The number of carbonyl (C=O) groups excluding carboxylic acids is 1. The second kappa shape index (κ2) is 9.18. The Labute approximate surface area is 205 Å². The number of benzene rings is 2. The van der Waals surface area contributed by atoms with Gasteiger partial charge in [0.2, 0.25) is 0 Å². The van der Waals surface area contributed by atoms with Crippen molar-refractivity contribution >= 4 is 27.5 Å². The van der Waals surface area contributed by atoms with Gasteiger partial charge in [-0.2, -0.15) is 8.42 Å². The molecule has 186 valence electrons. The lowest BCUT2D eigenvalue weighted by Crippen LogP contribution is -2.59. The summed E-state index contributed by atoms with van der Waals surface area (Å²) >= 11 is 0. The molecule has 35 heavy (non-hydrogen) atoms. The van der Waals surface area contributed by atoms with Gasteiger partial charge in [-0.05, 0) is 68.6 Å². The van der Waals surface area contributed by atoms with E-state index in [4.69, 9.17) is 9.47 Å². The first-order chi connectivity index (χ1) is 16.7. The monoisotopic (exact) mass is 499 g/mol. The molecule has 1 unspecified atom stereocenters. The van der Waals surface area contributed by atoms with Crippen molar-refractivity contribution in [3.63, 3.8) is 0 Å². The Hall–Kier alpha value is -3.08. The maximum atomic E-state index is 13.6. The van der Waals surface area contributed by atoms with Crippen molar-refractivity contribution < 1.29 is 27.2 Å². The molecule has 3 saturated heterocycles. The molecule has 1 amide bonds. The number of carbonyl (C=O) groups is 1. The number of piperidine rings is 3. The van der Waals surface area contributed by atoms with E-state index in [0.717, 1.165) is 38.0 Å². The van der Waals surface area contributed by atoms with E-state index >= 15 is 0 Å². The Balaban J connectivity index is 1.52. The van der Waals surface area contributed by atoms with Crippen LogP contribution in [-0.2, 0) is 19.6 Å². The molecule has 10 heteroatoms. The molecule has 0 spiro atoms. The van der Waals surface area contributed by atoms with Crippen molar-refractivity contribution in [1.29, 1.82) is 0 Å². The molecule has 4 aliphatic rings. The molecule has 3 fully saturated rings. The van der Waals surface area contributed by atoms with Crippen molar-refractivity contribution in [2.45, 2.75) is 36.9 Å². The van der Waals surface area contributed by atoms with E-state index in [-0.39, 0.29) is 22.5 Å². The molecule has 6 rings (SSSR count). The molecule has 2 atom stereocenters. The van der Waals surface area contributed by atoms with E-state index in [1.165, 1.54) is 11.0 Å².